The summed E-state index contributed by atoms with van der Waals surface area (Å²) in [5.41, 5.74) is 1.19. The summed E-state index contributed by atoms with van der Waals surface area (Å²) in [6, 6.07) is 10.2. The van der Waals surface area contributed by atoms with Crippen LogP contribution in [0.15, 0.2) is 30.3 Å². The molecule has 0 radical (unpaired) electrons. The largest absolute Gasteiger partial charge is 0.379 e. The van der Waals surface area contributed by atoms with Gasteiger partial charge in [0.1, 0.15) is 0 Å². The molecule has 1 saturated heterocycles. The Kier molecular flexibility index (Phi) is 6.30. The molecule has 0 spiro atoms. The fourth-order valence-corrected chi connectivity index (χ4v) is 2.09. The molecule has 106 valence electrons. The monoisotopic (exact) mass is 265 g/mol. The summed E-state index contributed by atoms with van der Waals surface area (Å²) in [6.45, 7) is 3.70. The second-order valence-corrected chi connectivity index (χ2v) is 4.81. The zero-order valence-electron chi connectivity index (χ0n) is 11.5. The van der Waals surface area contributed by atoms with Gasteiger partial charge in [-0.2, -0.15) is 0 Å². The third-order valence-electron chi connectivity index (χ3n) is 3.28. The molecule has 0 amide bonds. The molecular formula is C15H23NO3. The van der Waals surface area contributed by atoms with E-state index in [1.54, 1.807) is 7.11 Å². The maximum Gasteiger partial charge on any atom is 0.0933 e. The van der Waals surface area contributed by atoms with Gasteiger partial charge in [-0.1, -0.05) is 30.3 Å². The Labute approximate surface area is 115 Å². The van der Waals surface area contributed by atoms with Crippen molar-refractivity contribution in [1.82, 2.24) is 5.32 Å². The number of hydrogen-bond acceptors (Lipinski definition) is 4. The molecule has 1 N–H and O–H groups in total. The molecule has 19 heavy (non-hydrogen) atoms. The van der Waals surface area contributed by atoms with Gasteiger partial charge in [0.05, 0.1) is 32.0 Å². The number of methoxy groups -OCH3 is 1. The predicted octanol–water partition coefficient (Wildman–Crippen LogP) is 1.60. The molecule has 4 heteroatoms. The van der Waals surface area contributed by atoms with Crippen LogP contribution in [0.2, 0.25) is 0 Å². The van der Waals surface area contributed by atoms with E-state index in [9.17, 15) is 0 Å². The van der Waals surface area contributed by atoms with E-state index in [4.69, 9.17) is 14.2 Å². The van der Waals surface area contributed by atoms with E-state index < -0.39 is 0 Å². The van der Waals surface area contributed by atoms with Crippen molar-refractivity contribution in [1.29, 1.82) is 0 Å². The number of ether oxygens (including phenoxy) is 3. The van der Waals surface area contributed by atoms with Crippen molar-refractivity contribution < 1.29 is 14.2 Å². The minimum absolute atomic E-state index is 0.0988. The summed E-state index contributed by atoms with van der Waals surface area (Å²) in [5.74, 6) is 0. The Balaban J connectivity index is 1.69. The summed E-state index contributed by atoms with van der Waals surface area (Å²) in [5, 5.41) is 3.37. The highest BCUT2D eigenvalue weighted by molar-refractivity contribution is 5.13. The van der Waals surface area contributed by atoms with Crippen LogP contribution in [0, 0.1) is 0 Å². The van der Waals surface area contributed by atoms with E-state index in [1.807, 2.05) is 18.2 Å². The Morgan fingerprint density at radius 1 is 1.32 bits per heavy atom. The topological polar surface area (TPSA) is 39.7 Å². The van der Waals surface area contributed by atoms with Gasteiger partial charge in [-0.3, -0.25) is 0 Å². The van der Waals surface area contributed by atoms with E-state index in [-0.39, 0.29) is 12.2 Å². The van der Waals surface area contributed by atoms with E-state index in [0.717, 1.165) is 19.5 Å². The minimum Gasteiger partial charge on any atom is -0.379 e. The lowest BCUT2D eigenvalue weighted by Crippen LogP contribution is -2.40. The molecule has 1 aromatic rings. The Hall–Kier alpha value is -0.940. The molecule has 0 aliphatic carbocycles. The van der Waals surface area contributed by atoms with Gasteiger partial charge < -0.3 is 19.5 Å². The summed E-state index contributed by atoms with van der Waals surface area (Å²) in [4.78, 5) is 0. The van der Waals surface area contributed by atoms with Crippen LogP contribution in [0.3, 0.4) is 0 Å². The van der Waals surface area contributed by atoms with Crippen LogP contribution in [0.1, 0.15) is 12.0 Å². The van der Waals surface area contributed by atoms with Crippen LogP contribution < -0.4 is 5.32 Å². The first-order valence-electron chi connectivity index (χ1n) is 6.85. The highest BCUT2D eigenvalue weighted by Crippen LogP contribution is 2.06. The number of hydrogen-bond donors (Lipinski definition) is 1. The summed E-state index contributed by atoms with van der Waals surface area (Å²) in [7, 11) is 1.73. The summed E-state index contributed by atoms with van der Waals surface area (Å²) in [6.07, 6.45) is 1.28. The zero-order chi connectivity index (χ0) is 13.3. The molecule has 1 fully saturated rings. The fourth-order valence-electron chi connectivity index (χ4n) is 2.09. The van der Waals surface area contributed by atoms with Crippen LogP contribution in [-0.2, 0) is 20.8 Å². The van der Waals surface area contributed by atoms with Crippen LogP contribution in [-0.4, -0.2) is 45.6 Å². The van der Waals surface area contributed by atoms with Gasteiger partial charge in [-0.25, -0.2) is 0 Å². The molecule has 1 aliphatic heterocycles. The first-order valence-corrected chi connectivity index (χ1v) is 6.85. The molecule has 1 aliphatic rings. The van der Waals surface area contributed by atoms with Crippen molar-refractivity contribution in [3.05, 3.63) is 35.9 Å². The van der Waals surface area contributed by atoms with Crippen LogP contribution in [0.4, 0.5) is 0 Å². The van der Waals surface area contributed by atoms with Crippen LogP contribution in [0.5, 0.6) is 0 Å². The number of nitrogens with one attached hydrogen (secondary N) is 1. The molecule has 1 unspecified atom stereocenters. The van der Waals surface area contributed by atoms with Gasteiger partial charge in [-0.15, -0.1) is 0 Å². The van der Waals surface area contributed by atoms with Gasteiger partial charge in [-0.05, 0) is 18.5 Å². The molecule has 0 saturated carbocycles. The van der Waals surface area contributed by atoms with Gasteiger partial charge in [0.25, 0.3) is 0 Å². The third kappa shape index (κ3) is 5.28. The van der Waals surface area contributed by atoms with Crippen molar-refractivity contribution in [3.8, 4) is 0 Å². The van der Waals surface area contributed by atoms with Crippen molar-refractivity contribution in [2.24, 2.45) is 0 Å². The minimum atomic E-state index is 0.0988. The molecule has 1 heterocycles. The standard InChI is InChI=1S/C15H23NO3/c1-17-14-7-8-16-9-15(19-12-14)11-18-10-13-5-3-2-4-6-13/h2-6,14-16H,7-12H2,1H3/t14?,15-/m0/s1. The zero-order valence-corrected chi connectivity index (χ0v) is 11.5. The van der Waals surface area contributed by atoms with Crippen molar-refractivity contribution >= 4 is 0 Å². The average Bonchev–Trinajstić information content (AvgIpc) is 2.43. The first kappa shape index (κ1) is 14.5. The van der Waals surface area contributed by atoms with Gasteiger partial charge >= 0.3 is 0 Å². The quantitative estimate of drug-likeness (QED) is 0.878. The average molecular weight is 265 g/mol. The Morgan fingerprint density at radius 2 is 2.16 bits per heavy atom. The highest BCUT2D eigenvalue weighted by Gasteiger charge is 2.17. The second-order valence-electron chi connectivity index (χ2n) is 4.81. The van der Waals surface area contributed by atoms with Crippen molar-refractivity contribution in [2.45, 2.75) is 25.2 Å². The molecule has 1 aromatic carbocycles. The lowest BCUT2D eigenvalue weighted by atomic mass is 10.2. The Bertz CT molecular complexity index is 345. The second kappa shape index (κ2) is 8.27. The molecule has 4 nitrogen and oxygen atoms in total. The first-order chi connectivity index (χ1) is 9.38. The molecule has 0 aromatic heterocycles. The summed E-state index contributed by atoms with van der Waals surface area (Å²) < 4.78 is 16.9. The molecule has 2 rings (SSSR count). The maximum atomic E-state index is 5.81. The van der Waals surface area contributed by atoms with Crippen molar-refractivity contribution in [3.63, 3.8) is 0 Å². The number of benzene rings is 1. The molecular weight excluding hydrogens is 242 g/mol. The predicted molar refractivity (Wildman–Crippen MR) is 74.1 cm³/mol. The smallest absolute Gasteiger partial charge is 0.0933 e. The van der Waals surface area contributed by atoms with Crippen molar-refractivity contribution in [2.75, 3.05) is 33.4 Å². The summed E-state index contributed by atoms with van der Waals surface area (Å²) >= 11 is 0. The normalized spacial score (nSPS) is 24.7. The van der Waals surface area contributed by atoms with E-state index in [0.29, 0.717) is 19.8 Å². The highest BCUT2D eigenvalue weighted by atomic mass is 16.6. The van der Waals surface area contributed by atoms with E-state index in [1.165, 1.54) is 5.56 Å². The van der Waals surface area contributed by atoms with Gasteiger partial charge in [0, 0.05) is 13.7 Å². The fraction of sp³-hybridized carbons (Fsp3) is 0.600. The van der Waals surface area contributed by atoms with Gasteiger partial charge in [0.15, 0.2) is 0 Å². The molecule has 0 bridgehead atoms. The SMILES string of the molecule is COC1CCNC[C@@H](COCc2ccccc2)OC1. The maximum absolute atomic E-state index is 5.81. The molecule has 2 atom stereocenters. The van der Waals surface area contributed by atoms with E-state index in [2.05, 4.69) is 17.4 Å². The van der Waals surface area contributed by atoms with Crippen LogP contribution in [0.25, 0.3) is 0 Å². The van der Waals surface area contributed by atoms with Gasteiger partial charge in [0.2, 0.25) is 0 Å². The van der Waals surface area contributed by atoms with E-state index >= 15 is 0 Å². The Morgan fingerprint density at radius 3 is 2.95 bits per heavy atom. The third-order valence-corrected chi connectivity index (χ3v) is 3.28. The lowest BCUT2D eigenvalue weighted by Gasteiger charge is -2.25. The van der Waals surface area contributed by atoms with Crippen LogP contribution >= 0.6 is 0 Å². The lowest BCUT2D eigenvalue weighted by molar-refractivity contribution is -0.0689. The number of rotatable bonds is 5.